The molecule has 0 saturated heterocycles. The van der Waals surface area contributed by atoms with Crippen molar-refractivity contribution in [2.45, 2.75) is 25.3 Å². The van der Waals surface area contributed by atoms with Gasteiger partial charge in [-0.3, -0.25) is 4.79 Å². The molecule has 1 atom stereocenters. The first-order valence-electron chi connectivity index (χ1n) is 6.74. The van der Waals surface area contributed by atoms with Gasteiger partial charge in [-0.25, -0.2) is 9.18 Å². The summed E-state index contributed by atoms with van der Waals surface area (Å²) in [6.07, 6.45) is 0.757. The highest BCUT2D eigenvalue weighted by molar-refractivity contribution is 7.09. The Morgan fingerprint density at radius 1 is 1.27 bits per heavy atom. The van der Waals surface area contributed by atoms with E-state index in [4.69, 9.17) is 0 Å². The molecule has 0 saturated carbocycles. The van der Waals surface area contributed by atoms with E-state index in [2.05, 4.69) is 5.32 Å². The fourth-order valence-electron chi connectivity index (χ4n) is 2.07. The van der Waals surface area contributed by atoms with Crippen LogP contribution < -0.4 is 5.32 Å². The Morgan fingerprint density at radius 3 is 2.50 bits per heavy atom. The largest absolute Gasteiger partial charge is 0.479 e. The molecule has 1 aromatic heterocycles. The van der Waals surface area contributed by atoms with Crippen molar-refractivity contribution in [2.24, 2.45) is 0 Å². The smallest absolute Gasteiger partial charge is 0.333 e. The summed E-state index contributed by atoms with van der Waals surface area (Å²) in [6, 6.07) is 8.90. The van der Waals surface area contributed by atoms with Crippen LogP contribution in [0.15, 0.2) is 41.8 Å². The van der Waals surface area contributed by atoms with Crippen molar-refractivity contribution in [3.8, 4) is 0 Å². The predicted molar refractivity (Wildman–Crippen MR) is 82.2 cm³/mol. The minimum Gasteiger partial charge on any atom is -0.479 e. The summed E-state index contributed by atoms with van der Waals surface area (Å²) >= 11 is 1.55. The van der Waals surface area contributed by atoms with Crippen molar-refractivity contribution < 1.29 is 19.1 Å². The van der Waals surface area contributed by atoms with Crippen molar-refractivity contribution in [1.82, 2.24) is 5.32 Å². The lowest BCUT2D eigenvalue weighted by Gasteiger charge is -2.26. The maximum absolute atomic E-state index is 13.0. The van der Waals surface area contributed by atoms with Crippen LogP contribution in [-0.4, -0.2) is 17.0 Å². The fourth-order valence-corrected chi connectivity index (χ4v) is 2.77. The average molecular weight is 321 g/mol. The molecule has 0 aliphatic carbocycles. The number of rotatable bonds is 6. The Balaban J connectivity index is 2.09. The van der Waals surface area contributed by atoms with Crippen LogP contribution in [0.2, 0.25) is 0 Å². The Bertz CT molecular complexity index is 655. The molecule has 2 N–H and O–H groups in total. The molecule has 1 aromatic carbocycles. The first kappa shape index (κ1) is 16.2. The molecule has 0 aliphatic heterocycles. The van der Waals surface area contributed by atoms with Crippen LogP contribution in [0.3, 0.4) is 0 Å². The first-order chi connectivity index (χ1) is 10.4. The van der Waals surface area contributed by atoms with Gasteiger partial charge in [-0.15, -0.1) is 11.3 Å². The summed E-state index contributed by atoms with van der Waals surface area (Å²) in [5, 5.41) is 13.9. The van der Waals surface area contributed by atoms with Crippen LogP contribution >= 0.6 is 11.3 Å². The highest BCUT2D eigenvalue weighted by Gasteiger charge is 2.36. The van der Waals surface area contributed by atoms with E-state index in [1.54, 1.807) is 11.3 Å². The summed E-state index contributed by atoms with van der Waals surface area (Å²) in [5.74, 6) is -2.01. The molecule has 0 bridgehead atoms. The van der Waals surface area contributed by atoms with Gasteiger partial charge in [0.2, 0.25) is 5.91 Å². The van der Waals surface area contributed by atoms with Crippen LogP contribution in [-0.2, 0) is 21.5 Å². The minimum atomic E-state index is -1.58. The van der Waals surface area contributed by atoms with Crippen molar-refractivity contribution in [1.29, 1.82) is 0 Å². The van der Waals surface area contributed by atoms with E-state index < -0.39 is 17.3 Å². The van der Waals surface area contributed by atoms with Gasteiger partial charge in [-0.05, 0) is 42.5 Å². The lowest BCUT2D eigenvalue weighted by molar-refractivity contribution is -0.147. The molecule has 4 nitrogen and oxygen atoms in total. The summed E-state index contributed by atoms with van der Waals surface area (Å²) in [4.78, 5) is 24.7. The van der Waals surface area contributed by atoms with Crippen molar-refractivity contribution in [3.63, 3.8) is 0 Å². The zero-order chi connectivity index (χ0) is 16.2. The number of carbonyl (C=O) groups excluding carboxylic acids is 1. The second-order valence-electron chi connectivity index (χ2n) is 5.06. The molecule has 0 aliphatic rings. The Labute approximate surface area is 131 Å². The number of benzene rings is 1. The second-order valence-corrected chi connectivity index (χ2v) is 6.10. The Kier molecular flexibility index (Phi) is 4.92. The first-order valence-corrected chi connectivity index (χ1v) is 7.62. The third kappa shape index (κ3) is 3.71. The summed E-state index contributed by atoms with van der Waals surface area (Å²) in [6.45, 7) is 1.39. The molecule has 1 heterocycles. The Morgan fingerprint density at radius 2 is 1.95 bits per heavy atom. The lowest BCUT2D eigenvalue weighted by atomic mass is 9.91. The molecule has 0 radical (unpaired) electrons. The van der Waals surface area contributed by atoms with Gasteiger partial charge in [0.05, 0.1) is 0 Å². The van der Waals surface area contributed by atoms with Crippen LogP contribution in [0.5, 0.6) is 0 Å². The van der Waals surface area contributed by atoms with Crippen LogP contribution in [0.1, 0.15) is 23.8 Å². The van der Waals surface area contributed by atoms with E-state index in [0.717, 1.165) is 4.88 Å². The minimum absolute atomic E-state index is 0.199. The number of nitrogens with one attached hydrogen (secondary N) is 1. The van der Waals surface area contributed by atoms with Gasteiger partial charge in [-0.1, -0.05) is 18.2 Å². The van der Waals surface area contributed by atoms with Crippen molar-refractivity contribution >= 4 is 23.2 Å². The molecule has 0 fully saturated rings. The van der Waals surface area contributed by atoms with Crippen LogP contribution in [0, 0.1) is 5.82 Å². The van der Waals surface area contributed by atoms with E-state index in [-0.39, 0.29) is 12.3 Å². The molecule has 2 rings (SSSR count). The fraction of sp³-hybridized carbons (Fsp3) is 0.250. The zero-order valence-corrected chi connectivity index (χ0v) is 12.8. The highest BCUT2D eigenvalue weighted by atomic mass is 32.1. The maximum atomic E-state index is 13.0. The highest BCUT2D eigenvalue weighted by Crippen LogP contribution is 2.22. The standard InChI is InChI=1S/C16H16FNO3S/c1-16(15(20)21,11-4-6-12(17)7-5-11)18-14(19)9-8-13-3-2-10-22-13/h2-7,10H,8-9H2,1H3,(H,18,19)(H,20,21). The zero-order valence-electron chi connectivity index (χ0n) is 12.0. The number of carbonyl (C=O) groups is 2. The Hall–Kier alpha value is -2.21. The molecule has 2 aromatic rings. The van der Waals surface area contributed by atoms with Crippen LogP contribution in [0.4, 0.5) is 4.39 Å². The molecule has 0 spiro atoms. The van der Waals surface area contributed by atoms with E-state index in [0.29, 0.717) is 12.0 Å². The number of aryl methyl sites for hydroxylation is 1. The number of hydrogen-bond donors (Lipinski definition) is 2. The number of hydrogen-bond acceptors (Lipinski definition) is 3. The van der Waals surface area contributed by atoms with Gasteiger partial charge in [0.25, 0.3) is 0 Å². The van der Waals surface area contributed by atoms with Gasteiger partial charge in [-0.2, -0.15) is 0 Å². The summed E-state index contributed by atoms with van der Waals surface area (Å²) in [5.41, 5.74) is -1.26. The van der Waals surface area contributed by atoms with Gasteiger partial charge >= 0.3 is 5.97 Å². The quantitative estimate of drug-likeness (QED) is 0.859. The number of carboxylic acids is 1. The number of amides is 1. The molecule has 6 heteroatoms. The number of thiophene rings is 1. The normalized spacial score (nSPS) is 13.4. The topological polar surface area (TPSA) is 66.4 Å². The SMILES string of the molecule is CC(NC(=O)CCc1cccs1)(C(=O)O)c1ccc(F)cc1. The van der Waals surface area contributed by atoms with Crippen molar-refractivity contribution in [2.75, 3.05) is 0 Å². The summed E-state index contributed by atoms with van der Waals surface area (Å²) < 4.78 is 13.0. The molecule has 22 heavy (non-hydrogen) atoms. The number of halogens is 1. The molecule has 1 amide bonds. The second kappa shape index (κ2) is 6.70. The molecule has 116 valence electrons. The predicted octanol–water partition coefficient (Wildman–Crippen LogP) is 2.94. The summed E-state index contributed by atoms with van der Waals surface area (Å²) in [7, 11) is 0. The molecular weight excluding hydrogens is 305 g/mol. The third-order valence-electron chi connectivity index (χ3n) is 3.42. The third-order valence-corrected chi connectivity index (χ3v) is 4.35. The van der Waals surface area contributed by atoms with Crippen molar-refractivity contribution in [3.05, 3.63) is 58.0 Å². The maximum Gasteiger partial charge on any atom is 0.333 e. The van der Waals surface area contributed by atoms with E-state index >= 15 is 0 Å². The molecular formula is C16H16FNO3S. The lowest BCUT2D eigenvalue weighted by Crippen LogP contribution is -2.49. The average Bonchev–Trinajstić information content (AvgIpc) is 2.98. The van der Waals surface area contributed by atoms with Gasteiger partial charge < -0.3 is 10.4 Å². The van der Waals surface area contributed by atoms with E-state index in [1.165, 1.54) is 31.2 Å². The van der Waals surface area contributed by atoms with Gasteiger partial charge in [0.1, 0.15) is 5.82 Å². The van der Waals surface area contributed by atoms with E-state index in [1.807, 2.05) is 17.5 Å². The number of carboxylic acid groups (broad SMARTS) is 1. The molecule has 1 unspecified atom stereocenters. The van der Waals surface area contributed by atoms with Gasteiger partial charge in [0.15, 0.2) is 5.54 Å². The van der Waals surface area contributed by atoms with Crippen LogP contribution in [0.25, 0.3) is 0 Å². The monoisotopic (exact) mass is 321 g/mol. The number of aliphatic carboxylic acids is 1. The van der Waals surface area contributed by atoms with E-state index in [9.17, 15) is 19.1 Å². The van der Waals surface area contributed by atoms with Gasteiger partial charge in [0, 0.05) is 11.3 Å².